The molecule has 1 N–H and O–H groups in total. The standard InChI is InChI=1S/C13H16BrN3/c1-17-12-3-2-10(14)7-11(12)16-13(17)6-9-4-5-15-8-9/h2-3,7,9,15H,4-6,8H2,1H3. The van der Waals surface area contributed by atoms with Crippen molar-refractivity contribution in [3.05, 3.63) is 28.5 Å². The minimum atomic E-state index is 0.744. The summed E-state index contributed by atoms with van der Waals surface area (Å²) >= 11 is 3.50. The summed E-state index contributed by atoms with van der Waals surface area (Å²) in [6.07, 6.45) is 2.35. The fourth-order valence-corrected chi connectivity index (χ4v) is 2.90. The van der Waals surface area contributed by atoms with Crippen LogP contribution in [0.3, 0.4) is 0 Å². The summed E-state index contributed by atoms with van der Waals surface area (Å²) in [6, 6.07) is 6.29. The number of hydrogen-bond acceptors (Lipinski definition) is 2. The van der Waals surface area contributed by atoms with Crippen LogP contribution in [-0.2, 0) is 13.5 Å². The molecule has 90 valence electrons. The average Bonchev–Trinajstić information content (AvgIpc) is 2.89. The maximum Gasteiger partial charge on any atom is 0.109 e. The van der Waals surface area contributed by atoms with E-state index in [4.69, 9.17) is 4.98 Å². The molecule has 1 aliphatic rings. The molecule has 0 radical (unpaired) electrons. The summed E-state index contributed by atoms with van der Waals surface area (Å²) in [5.41, 5.74) is 2.30. The number of halogens is 1. The van der Waals surface area contributed by atoms with E-state index in [2.05, 4.69) is 51.1 Å². The molecule has 0 bridgehead atoms. The number of aryl methyl sites for hydroxylation is 1. The highest BCUT2D eigenvalue weighted by Gasteiger charge is 2.18. The summed E-state index contributed by atoms with van der Waals surface area (Å²) in [6.45, 7) is 2.28. The summed E-state index contributed by atoms with van der Waals surface area (Å²) in [5, 5.41) is 3.41. The van der Waals surface area contributed by atoms with Gasteiger partial charge in [0.2, 0.25) is 0 Å². The van der Waals surface area contributed by atoms with Gasteiger partial charge in [-0.05, 0) is 43.6 Å². The molecule has 3 nitrogen and oxygen atoms in total. The number of imidazole rings is 1. The van der Waals surface area contributed by atoms with Crippen molar-refractivity contribution in [3.8, 4) is 0 Å². The highest BCUT2D eigenvalue weighted by molar-refractivity contribution is 9.10. The molecule has 1 atom stereocenters. The van der Waals surface area contributed by atoms with Gasteiger partial charge in [-0.15, -0.1) is 0 Å². The second-order valence-corrected chi connectivity index (χ2v) is 5.70. The number of nitrogens with zero attached hydrogens (tertiary/aromatic N) is 2. The third-order valence-electron chi connectivity index (χ3n) is 3.57. The zero-order chi connectivity index (χ0) is 11.8. The topological polar surface area (TPSA) is 29.9 Å². The van der Waals surface area contributed by atoms with Crippen molar-refractivity contribution >= 4 is 27.0 Å². The van der Waals surface area contributed by atoms with E-state index in [1.54, 1.807) is 0 Å². The van der Waals surface area contributed by atoms with Crippen LogP contribution in [0.5, 0.6) is 0 Å². The Morgan fingerprint density at radius 3 is 3.18 bits per heavy atom. The molecule has 3 rings (SSSR count). The predicted molar refractivity (Wildman–Crippen MR) is 73.1 cm³/mol. The summed E-state index contributed by atoms with van der Waals surface area (Å²) in [4.78, 5) is 4.74. The third-order valence-corrected chi connectivity index (χ3v) is 4.06. The molecule has 4 heteroatoms. The van der Waals surface area contributed by atoms with Crippen LogP contribution in [0.1, 0.15) is 12.2 Å². The zero-order valence-electron chi connectivity index (χ0n) is 9.91. The Labute approximate surface area is 109 Å². The van der Waals surface area contributed by atoms with E-state index in [0.717, 1.165) is 35.4 Å². The molecule has 0 amide bonds. The van der Waals surface area contributed by atoms with Crippen LogP contribution in [0.25, 0.3) is 11.0 Å². The first-order valence-corrected chi connectivity index (χ1v) is 6.85. The monoisotopic (exact) mass is 293 g/mol. The van der Waals surface area contributed by atoms with E-state index in [1.165, 1.54) is 17.8 Å². The van der Waals surface area contributed by atoms with Crippen molar-refractivity contribution in [1.29, 1.82) is 0 Å². The lowest BCUT2D eigenvalue weighted by molar-refractivity contribution is 0.552. The van der Waals surface area contributed by atoms with Crippen LogP contribution in [0.15, 0.2) is 22.7 Å². The molecule has 1 aliphatic heterocycles. The van der Waals surface area contributed by atoms with Crippen molar-refractivity contribution in [1.82, 2.24) is 14.9 Å². The molecule has 0 aliphatic carbocycles. The van der Waals surface area contributed by atoms with E-state index < -0.39 is 0 Å². The van der Waals surface area contributed by atoms with Crippen LogP contribution >= 0.6 is 15.9 Å². The average molecular weight is 294 g/mol. The number of benzene rings is 1. The lowest BCUT2D eigenvalue weighted by Gasteiger charge is -2.07. The van der Waals surface area contributed by atoms with Gasteiger partial charge < -0.3 is 9.88 Å². The molecular weight excluding hydrogens is 278 g/mol. The Kier molecular flexibility index (Phi) is 2.92. The van der Waals surface area contributed by atoms with Gasteiger partial charge in [0, 0.05) is 17.9 Å². The smallest absolute Gasteiger partial charge is 0.109 e. The predicted octanol–water partition coefficient (Wildman–Crippen LogP) is 2.49. The second-order valence-electron chi connectivity index (χ2n) is 4.78. The largest absolute Gasteiger partial charge is 0.331 e. The normalized spacial score (nSPS) is 20.2. The molecule has 1 saturated heterocycles. The number of nitrogens with one attached hydrogen (secondary N) is 1. The maximum absolute atomic E-state index is 4.74. The molecule has 1 aromatic carbocycles. The summed E-state index contributed by atoms with van der Waals surface area (Å²) < 4.78 is 3.32. The van der Waals surface area contributed by atoms with Crippen molar-refractivity contribution in [2.45, 2.75) is 12.8 Å². The van der Waals surface area contributed by atoms with Crippen molar-refractivity contribution in [3.63, 3.8) is 0 Å². The first kappa shape index (κ1) is 11.2. The first-order valence-electron chi connectivity index (χ1n) is 6.05. The quantitative estimate of drug-likeness (QED) is 0.922. The van der Waals surface area contributed by atoms with Crippen LogP contribution < -0.4 is 5.32 Å². The highest BCUT2D eigenvalue weighted by atomic mass is 79.9. The zero-order valence-corrected chi connectivity index (χ0v) is 11.5. The van der Waals surface area contributed by atoms with Gasteiger partial charge in [-0.2, -0.15) is 0 Å². The van der Waals surface area contributed by atoms with E-state index in [9.17, 15) is 0 Å². The lowest BCUT2D eigenvalue weighted by Crippen LogP contribution is -2.12. The van der Waals surface area contributed by atoms with E-state index >= 15 is 0 Å². The lowest BCUT2D eigenvalue weighted by atomic mass is 10.0. The van der Waals surface area contributed by atoms with E-state index in [0.29, 0.717) is 0 Å². The first-order chi connectivity index (χ1) is 8.24. The van der Waals surface area contributed by atoms with E-state index in [1.807, 2.05) is 0 Å². The Hall–Kier alpha value is -0.870. The van der Waals surface area contributed by atoms with Crippen molar-refractivity contribution in [2.24, 2.45) is 13.0 Å². The molecule has 1 aromatic heterocycles. The van der Waals surface area contributed by atoms with Crippen molar-refractivity contribution < 1.29 is 0 Å². The molecule has 2 aromatic rings. The fourth-order valence-electron chi connectivity index (χ4n) is 2.55. The minimum Gasteiger partial charge on any atom is -0.331 e. The van der Waals surface area contributed by atoms with Gasteiger partial charge in [-0.25, -0.2) is 4.98 Å². The van der Waals surface area contributed by atoms with E-state index in [-0.39, 0.29) is 0 Å². The van der Waals surface area contributed by atoms with Crippen LogP contribution in [0, 0.1) is 5.92 Å². The SMILES string of the molecule is Cn1c(CC2CCNC2)nc2cc(Br)ccc21. The number of fused-ring (bicyclic) bond motifs is 1. The molecule has 1 fully saturated rings. The van der Waals surface area contributed by atoms with Crippen molar-refractivity contribution in [2.75, 3.05) is 13.1 Å². The molecular formula is C13H16BrN3. The molecule has 2 heterocycles. The Morgan fingerprint density at radius 2 is 2.41 bits per heavy atom. The van der Waals surface area contributed by atoms with Crippen LogP contribution in [0.4, 0.5) is 0 Å². The molecule has 0 saturated carbocycles. The Morgan fingerprint density at radius 1 is 1.53 bits per heavy atom. The molecule has 17 heavy (non-hydrogen) atoms. The summed E-state index contributed by atoms with van der Waals surface area (Å²) in [7, 11) is 2.11. The molecule has 1 unspecified atom stereocenters. The van der Waals surface area contributed by atoms with Gasteiger partial charge in [-0.3, -0.25) is 0 Å². The second kappa shape index (κ2) is 4.42. The number of hydrogen-bond donors (Lipinski definition) is 1. The van der Waals surface area contributed by atoms with Gasteiger partial charge in [0.15, 0.2) is 0 Å². The van der Waals surface area contributed by atoms with Crippen LogP contribution in [0.2, 0.25) is 0 Å². The Balaban J connectivity index is 1.96. The van der Waals surface area contributed by atoms with Gasteiger partial charge in [0.25, 0.3) is 0 Å². The van der Waals surface area contributed by atoms with Gasteiger partial charge in [-0.1, -0.05) is 15.9 Å². The molecule has 0 spiro atoms. The third kappa shape index (κ3) is 2.11. The highest BCUT2D eigenvalue weighted by Crippen LogP contribution is 2.22. The van der Waals surface area contributed by atoms with Gasteiger partial charge >= 0.3 is 0 Å². The maximum atomic E-state index is 4.74. The fraction of sp³-hybridized carbons (Fsp3) is 0.462. The Bertz CT molecular complexity index is 541. The van der Waals surface area contributed by atoms with Crippen LogP contribution in [-0.4, -0.2) is 22.6 Å². The minimum absolute atomic E-state index is 0.744. The number of rotatable bonds is 2. The summed E-state index contributed by atoms with van der Waals surface area (Å²) in [5.74, 6) is 1.95. The van der Waals surface area contributed by atoms with Gasteiger partial charge in [0.1, 0.15) is 5.82 Å². The number of aromatic nitrogens is 2. The van der Waals surface area contributed by atoms with Gasteiger partial charge in [0.05, 0.1) is 11.0 Å².